The maximum atomic E-state index is 12.5. The van der Waals surface area contributed by atoms with Crippen LogP contribution in [0.1, 0.15) is 25.8 Å². The van der Waals surface area contributed by atoms with Gasteiger partial charge in [0.2, 0.25) is 30.0 Å². The molecule has 0 fully saturated rings. The van der Waals surface area contributed by atoms with Gasteiger partial charge in [-0.05, 0) is 31.5 Å². The molecule has 0 heterocycles. The minimum Gasteiger partial charge on any atom is -0.400 e. The normalized spacial score (nSPS) is 12.3. The summed E-state index contributed by atoms with van der Waals surface area (Å²) in [5, 5.41) is 25.6. The van der Waals surface area contributed by atoms with Crippen molar-refractivity contribution >= 4 is 35.7 Å². The van der Waals surface area contributed by atoms with Gasteiger partial charge in [-0.1, -0.05) is 12.1 Å². The van der Waals surface area contributed by atoms with Gasteiger partial charge in [0, 0.05) is 33.9 Å². The maximum absolute atomic E-state index is 12.5. The van der Waals surface area contributed by atoms with Gasteiger partial charge in [0.25, 0.3) is 0 Å². The molecule has 0 radical (unpaired) electrons. The molecule has 0 spiro atoms. The zero-order chi connectivity index (χ0) is 24.0. The maximum Gasteiger partial charge on any atom is 0.247 e. The number of hydrogen-bond acceptors (Lipinski definition) is 7. The number of carbonyl (C=O) groups excluding carboxylic acids is 5. The number of nitrogens with one attached hydrogen (secondary N) is 4. The third-order valence-corrected chi connectivity index (χ3v) is 3.91. The number of rotatable bonds is 11. The molecule has 3 unspecified atom stereocenters. The molecule has 0 saturated heterocycles. The third kappa shape index (κ3) is 11.5. The van der Waals surface area contributed by atoms with Crippen LogP contribution in [0.3, 0.4) is 0 Å². The SMILES string of the molecule is CC(NC=O)C(=O)NC(C)C(=O)NC(CC(N)=O)C(=O)Nc1ccc(CO)cc1.CO.[W]. The van der Waals surface area contributed by atoms with Gasteiger partial charge in [0.15, 0.2) is 0 Å². The number of benzene rings is 1. The van der Waals surface area contributed by atoms with Crippen molar-refractivity contribution in [2.75, 3.05) is 12.4 Å². The molecule has 32 heavy (non-hydrogen) atoms. The van der Waals surface area contributed by atoms with E-state index in [0.29, 0.717) is 17.7 Å². The summed E-state index contributed by atoms with van der Waals surface area (Å²) in [5.74, 6) is -2.79. The van der Waals surface area contributed by atoms with Crippen molar-refractivity contribution in [3.8, 4) is 0 Å². The molecule has 0 bridgehead atoms. The number of hydrogen-bond donors (Lipinski definition) is 7. The van der Waals surface area contributed by atoms with Crippen LogP contribution in [0.5, 0.6) is 0 Å². The average Bonchev–Trinajstić information content (AvgIpc) is 2.74. The van der Waals surface area contributed by atoms with E-state index in [1.165, 1.54) is 13.8 Å². The predicted octanol–water partition coefficient (Wildman–Crippen LogP) is -2.28. The summed E-state index contributed by atoms with van der Waals surface area (Å²) in [6, 6.07) is 3.16. The topological polar surface area (TPSA) is 200 Å². The predicted molar refractivity (Wildman–Crippen MR) is 111 cm³/mol. The minimum atomic E-state index is -1.26. The van der Waals surface area contributed by atoms with E-state index in [9.17, 15) is 24.0 Å². The second kappa shape index (κ2) is 16.8. The Hall–Kier alpha value is -2.82. The van der Waals surface area contributed by atoms with Gasteiger partial charge in [-0.25, -0.2) is 0 Å². The van der Waals surface area contributed by atoms with Gasteiger partial charge in [-0.15, -0.1) is 0 Å². The van der Waals surface area contributed by atoms with E-state index >= 15 is 0 Å². The van der Waals surface area contributed by atoms with Crippen LogP contribution in [0, 0.1) is 0 Å². The Kier molecular flexibility index (Phi) is 16.5. The molecular formula is C19H29N5O7W. The zero-order valence-corrected chi connectivity index (χ0v) is 20.9. The van der Waals surface area contributed by atoms with Gasteiger partial charge in [-0.2, -0.15) is 0 Å². The van der Waals surface area contributed by atoms with Crippen LogP contribution in [0.15, 0.2) is 24.3 Å². The molecule has 5 amide bonds. The summed E-state index contributed by atoms with van der Waals surface area (Å²) in [5.41, 5.74) is 6.20. The van der Waals surface area contributed by atoms with E-state index in [1.807, 2.05) is 0 Å². The van der Waals surface area contributed by atoms with E-state index in [0.717, 1.165) is 7.11 Å². The van der Waals surface area contributed by atoms with Crippen molar-refractivity contribution in [3.05, 3.63) is 29.8 Å². The van der Waals surface area contributed by atoms with Crippen LogP contribution in [0.2, 0.25) is 0 Å². The Balaban J connectivity index is 0. The van der Waals surface area contributed by atoms with Crippen LogP contribution in [0.25, 0.3) is 0 Å². The smallest absolute Gasteiger partial charge is 0.247 e. The summed E-state index contributed by atoms with van der Waals surface area (Å²) in [6.07, 6.45) is -0.0919. The van der Waals surface area contributed by atoms with Gasteiger partial charge >= 0.3 is 0 Å². The zero-order valence-electron chi connectivity index (χ0n) is 18.0. The molecule has 1 aromatic rings. The molecule has 3 atom stereocenters. The van der Waals surface area contributed by atoms with Crippen molar-refractivity contribution < 1.29 is 55.3 Å². The monoisotopic (exact) mass is 623 g/mol. The number of aliphatic hydroxyl groups excluding tert-OH is 2. The van der Waals surface area contributed by atoms with E-state index in [1.54, 1.807) is 24.3 Å². The first-order chi connectivity index (χ1) is 14.7. The number of primary amides is 1. The first-order valence-corrected chi connectivity index (χ1v) is 9.22. The Morgan fingerprint density at radius 1 is 0.969 bits per heavy atom. The van der Waals surface area contributed by atoms with E-state index in [4.69, 9.17) is 15.9 Å². The van der Waals surface area contributed by atoms with Gasteiger partial charge < -0.3 is 37.2 Å². The first-order valence-electron chi connectivity index (χ1n) is 9.22. The average molecular weight is 623 g/mol. The molecule has 0 aliphatic rings. The first kappa shape index (κ1) is 31.4. The second-order valence-corrected chi connectivity index (χ2v) is 6.31. The molecule has 13 heteroatoms. The molecule has 0 aliphatic carbocycles. The summed E-state index contributed by atoms with van der Waals surface area (Å²) in [4.78, 5) is 58.3. The van der Waals surface area contributed by atoms with Gasteiger partial charge in [-0.3, -0.25) is 24.0 Å². The van der Waals surface area contributed by atoms with Crippen LogP contribution >= 0.6 is 0 Å². The van der Waals surface area contributed by atoms with E-state index in [-0.39, 0.29) is 27.7 Å². The Morgan fingerprint density at radius 3 is 1.97 bits per heavy atom. The van der Waals surface area contributed by atoms with E-state index in [2.05, 4.69) is 21.3 Å². The third-order valence-electron chi connectivity index (χ3n) is 3.91. The van der Waals surface area contributed by atoms with Crippen molar-refractivity contribution in [1.29, 1.82) is 0 Å². The standard InChI is InChI=1S/C18H25N5O6.CH4O.W/c1-10(20-9-25)16(27)21-11(2)17(28)23-14(7-15(19)26)18(29)22-13-5-3-12(8-24)4-6-13;1-2;/h3-6,9-11,14,24H,7-8H2,1-2H3,(H2,19,26)(H,20,25)(H,21,27)(H,22,29)(H,23,28);2H,1H3;. The molecule has 1 rings (SSSR count). The summed E-state index contributed by atoms with van der Waals surface area (Å²) in [6.45, 7) is 2.66. The van der Waals surface area contributed by atoms with Crippen molar-refractivity contribution in [3.63, 3.8) is 0 Å². The van der Waals surface area contributed by atoms with Crippen molar-refractivity contribution in [1.82, 2.24) is 16.0 Å². The molecule has 0 aliphatic heterocycles. The van der Waals surface area contributed by atoms with Gasteiger partial charge in [0.1, 0.15) is 18.1 Å². The molecule has 0 aromatic heterocycles. The number of anilines is 1. The summed E-state index contributed by atoms with van der Waals surface area (Å²) in [7, 11) is 1.00. The molecule has 178 valence electrons. The summed E-state index contributed by atoms with van der Waals surface area (Å²) >= 11 is 0. The number of nitrogens with two attached hydrogens (primary N) is 1. The molecule has 12 nitrogen and oxygen atoms in total. The largest absolute Gasteiger partial charge is 0.400 e. The van der Waals surface area contributed by atoms with Crippen molar-refractivity contribution in [2.45, 2.75) is 45.0 Å². The number of aliphatic hydroxyl groups is 2. The van der Waals surface area contributed by atoms with Crippen molar-refractivity contribution in [2.24, 2.45) is 5.73 Å². The Labute approximate surface area is 200 Å². The Morgan fingerprint density at radius 2 is 1.50 bits per heavy atom. The minimum absolute atomic E-state index is 0. The number of amides is 5. The van der Waals surface area contributed by atoms with Crippen LogP contribution in [-0.4, -0.2) is 65.5 Å². The summed E-state index contributed by atoms with van der Waals surface area (Å²) < 4.78 is 0. The Bertz CT molecular complexity index is 761. The fourth-order valence-electron chi connectivity index (χ4n) is 2.21. The molecular weight excluding hydrogens is 594 g/mol. The second-order valence-electron chi connectivity index (χ2n) is 6.31. The van der Waals surface area contributed by atoms with Crippen LogP contribution in [-0.2, 0) is 51.6 Å². The van der Waals surface area contributed by atoms with E-state index < -0.39 is 48.2 Å². The fourth-order valence-corrected chi connectivity index (χ4v) is 2.21. The van der Waals surface area contributed by atoms with Crippen LogP contribution < -0.4 is 27.0 Å². The quantitative estimate of drug-likeness (QED) is 0.135. The fraction of sp³-hybridized carbons (Fsp3) is 0.421. The van der Waals surface area contributed by atoms with Gasteiger partial charge in [0.05, 0.1) is 13.0 Å². The molecule has 0 saturated carbocycles. The van der Waals surface area contributed by atoms with Crippen LogP contribution in [0.4, 0.5) is 5.69 Å². The number of carbonyl (C=O) groups is 5. The molecule has 1 aromatic carbocycles. The molecule has 8 N–H and O–H groups in total.